The standard InChI is InChI=1S/C22H24N2O3/c1-23-10-11-24(20(14-23)16-6-4-3-5-7-16)22(25)12-17-15-27-21-13-18(26-2)8-9-19(17)21/h3-9,13,15,20H,10-12,14H2,1-2H3/t20-/m0/s1. The molecule has 4 rings (SSSR count). The summed E-state index contributed by atoms with van der Waals surface area (Å²) in [6, 6.07) is 16.1. The number of carbonyl (C=O) groups is 1. The SMILES string of the molecule is COc1ccc2c(CC(=O)N3CCN(C)C[C@H]3c3ccccc3)coc2c1. The lowest BCUT2D eigenvalue weighted by Gasteiger charge is -2.40. The van der Waals surface area contributed by atoms with E-state index in [1.807, 2.05) is 41.3 Å². The maximum Gasteiger partial charge on any atom is 0.227 e. The smallest absolute Gasteiger partial charge is 0.227 e. The molecule has 1 aliphatic rings. The van der Waals surface area contributed by atoms with Crippen LogP contribution < -0.4 is 4.74 Å². The van der Waals surface area contributed by atoms with E-state index in [0.717, 1.165) is 41.9 Å². The van der Waals surface area contributed by atoms with Crippen LogP contribution in [0, 0.1) is 0 Å². The Morgan fingerprint density at radius 2 is 2.00 bits per heavy atom. The third-order valence-corrected chi connectivity index (χ3v) is 5.29. The summed E-state index contributed by atoms with van der Waals surface area (Å²) in [5, 5.41) is 0.967. The van der Waals surface area contributed by atoms with Crippen molar-refractivity contribution in [1.82, 2.24) is 9.80 Å². The number of fused-ring (bicyclic) bond motifs is 1. The molecule has 5 nitrogen and oxygen atoms in total. The van der Waals surface area contributed by atoms with Gasteiger partial charge >= 0.3 is 0 Å². The molecule has 1 amide bonds. The van der Waals surface area contributed by atoms with Crippen LogP contribution in [0.15, 0.2) is 59.2 Å². The van der Waals surface area contributed by atoms with Crippen LogP contribution in [0.5, 0.6) is 5.75 Å². The maximum atomic E-state index is 13.2. The van der Waals surface area contributed by atoms with Crippen LogP contribution in [0.2, 0.25) is 0 Å². The zero-order valence-corrected chi connectivity index (χ0v) is 15.7. The largest absolute Gasteiger partial charge is 0.497 e. The van der Waals surface area contributed by atoms with Crippen molar-refractivity contribution in [3.05, 3.63) is 65.9 Å². The second kappa shape index (κ2) is 7.45. The Balaban J connectivity index is 1.58. The van der Waals surface area contributed by atoms with Gasteiger partial charge in [-0.1, -0.05) is 30.3 Å². The Hall–Kier alpha value is -2.79. The first-order chi connectivity index (χ1) is 13.2. The molecule has 1 atom stereocenters. The number of hydrogen-bond acceptors (Lipinski definition) is 4. The summed E-state index contributed by atoms with van der Waals surface area (Å²) in [4.78, 5) is 17.5. The molecule has 1 fully saturated rings. The Kier molecular flexibility index (Phi) is 4.86. The Bertz CT molecular complexity index is 935. The summed E-state index contributed by atoms with van der Waals surface area (Å²) in [7, 11) is 3.74. The van der Waals surface area contributed by atoms with Crippen molar-refractivity contribution in [1.29, 1.82) is 0 Å². The molecule has 2 heterocycles. The molecule has 3 aromatic rings. The first-order valence-corrected chi connectivity index (χ1v) is 9.23. The summed E-state index contributed by atoms with van der Waals surface area (Å²) in [6.45, 7) is 2.47. The monoisotopic (exact) mass is 364 g/mol. The fraction of sp³-hybridized carbons (Fsp3) is 0.318. The normalized spacial score (nSPS) is 18.0. The number of furan rings is 1. The van der Waals surface area contributed by atoms with Crippen molar-refractivity contribution in [2.45, 2.75) is 12.5 Å². The quantitative estimate of drug-likeness (QED) is 0.711. The Morgan fingerprint density at radius 1 is 1.19 bits per heavy atom. The van der Waals surface area contributed by atoms with Gasteiger partial charge in [0.2, 0.25) is 5.91 Å². The number of nitrogens with zero attached hydrogens (tertiary/aromatic N) is 2. The van der Waals surface area contributed by atoms with Crippen LogP contribution in [0.1, 0.15) is 17.2 Å². The number of carbonyl (C=O) groups excluding carboxylic acids is 1. The number of rotatable bonds is 4. The fourth-order valence-electron chi connectivity index (χ4n) is 3.77. The summed E-state index contributed by atoms with van der Waals surface area (Å²) in [6.07, 6.45) is 2.03. The van der Waals surface area contributed by atoms with Gasteiger partial charge in [-0.15, -0.1) is 0 Å². The first kappa shape index (κ1) is 17.6. The number of ether oxygens (including phenoxy) is 1. The van der Waals surface area contributed by atoms with Crippen molar-refractivity contribution in [2.75, 3.05) is 33.8 Å². The minimum Gasteiger partial charge on any atom is -0.497 e. The van der Waals surface area contributed by atoms with Crippen LogP contribution in [0.3, 0.4) is 0 Å². The van der Waals surface area contributed by atoms with Crippen LogP contribution in [-0.4, -0.2) is 49.5 Å². The first-order valence-electron chi connectivity index (χ1n) is 9.23. The molecule has 1 aromatic heterocycles. The van der Waals surface area contributed by atoms with E-state index in [1.54, 1.807) is 13.4 Å². The summed E-state index contributed by atoms with van der Waals surface area (Å²) < 4.78 is 10.9. The number of piperazine rings is 1. The van der Waals surface area contributed by atoms with Gasteiger partial charge in [-0.2, -0.15) is 0 Å². The van der Waals surface area contributed by atoms with Crippen molar-refractivity contribution >= 4 is 16.9 Å². The highest BCUT2D eigenvalue weighted by Gasteiger charge is 2.30. The van der Waals surface area contributed by atoms with E-state index in [0.29, 0.717) is 6.42 Å². The molecule has 1 saturated heterocycles. The Morgan fingerprint density at radius 3 is 2.78 bits per heavy atom. The van der Waals surface area contributed by atoms with Gasteiger partial charge < -0.3 is 19.0 Å². The second-order valence-corrected chi connectivity index (χ2v) is 7.08. The van der Waals surface area contributed by atoms with E-state index >= 15 is 0 Å². The highest BCUT2D eigenvalue weighted by Crippen LogP contribution is 2.29. The van der Waals surface area contributed by atoms with E-state index < -0.39 is 0 Å². The van der Waals surface area contributed by atoms with Crippen LogP contribution in [0.25, 0.3) is 11.0 Å². The fourth-order valence-corrected chi connectivity index (χ4v) is 3.77. The van der Waals surface area contributed by atoms with Gasteiger partial charge in [0.05, 0.1) is 25.8 Å². The molecule has 0 radical (unpaired) electrons. The number of benzene rings is 2. The van der Waals surface area contributed by atoms with Crippen LogP contribution >= 0.6 is 0 Å². The predicted octanol–water partition coefficient (Wildman–Crippen LogP) is 3.50. The molecule has 0 saturated carbocycles. The number of methoxy groups -OCH3 is 1. The number of amides is 1. The molecule has 0 N–H and O–H groups in total. The lowest BCUT2D eigenvalue weighted by Crippen LogP contribution is -2.49. The van der Waals surface area contributed by atoms with Crippen molar-refractivity contribution in [3.63, 3.8) is 0 Å². The van der Waals surface area contributed by atoms with Crippen LogP contribution in [0.4, 0.5) is 0 Å². The molecule has 0 aliphatic carbocycles. The summed E-state index contributed by atoms with van der Waals surface area (Å²) in [5.41, 5.74) is 2.85. The third kappa shape index (κ3) is 3.55. The molecule has 0 spiro atoms. The van der Waals surface area contributed by atoms with Gasteiger partial charge in [0.25, 0.3) is 0 Å². The lowest BCUT2D eigenvalue weighted by atomic mass is 10.0. The second-order valence-electron chi connectivity index (χ2n) is 7.08. The lowest BCUT2D eigenvalue weighted by molar-refractivity contribution is -0.135. The molecule has 5 heteroatoms. The average Bonchev–Trinajstić information content (AvgIpc) is 3.10. The van der Waals surface area contributed by atoms with Gasteiger partial charge in [0.1, 0.15) is 11.3 Å². The van der Waals surface area contributed by atoms with Crippen molar-refractivity contribution in [2.24, 2.45) is 0 Å². The Labute approximate surface area is 159 Å². The predicted molar refractivity (Wildman–Crippen MR) is 105 cm³/mol. The molecule has 0 unspecified atom stereocenters. The van der Waals surface area contributed by atoms with Gasteiger partial charge in [0, 0.05) is 36.7 Å². The molecule has 27 heavy (non-hydrogen) atoms. The van der Waals surface area contributed by atoms with E-state index in [-0.39, 0.29) is 11.9 Å². The number of likely N-dealkylation sites (N-methyl/N-ethyl adjacent to an activating group) is 1. The van der Waals surface area contributed by atoms with Gasteiger partial charge in [-0.3, -0.25) is 4.79 Å². The average molecular weight is 364 g/mol. The highest BCUT2D eigenvalue weighted by atomic mass is 16.5. The van der Waals surface area contributed by atoms with Crippen LogP contribution in [-0.2, 0) is 11.2 Å². The van der Waals surface area contributed by atoms with Gasteiger partial charge in [0.15, 0.2) is 0 Å². The summed E-state index contributed by atoms with van der Waals surface area (Å²) in [5.74, 6) is 0.883. The van der Waals surface area contributed by atoms with E-state index in [1.165, 1.54) is 5.56 Å². The minimum atomic E-state index is 0.0794. The van der Waals surface area contributed by atoms with E-state index in [9.17, 15) is 4.79 Å². The minimum absolute atomic E-state index is 0.0794. The molecule has 2 aromatic carbocycles. The van der Waals surface area contributed by atoms with Crippen molar-refractivity contribution in [3.8, 4) is 5.75 Å². The highest BCUT2D eigenvalue weighted by molar-refractivity contribution is 5.88. The van der Waals surface area contributed by atoms with E-state index in [4.69, 9.17) is 9.15 Å². The third-order valence-electron chi connectivity index (χ3n) is 5.29. The van der Waals surface area contributed by atoms with E-state index in [2.05, 4.69) is 24.1 Å². The van der Waals surface area contributed by atoms with Crippen molar-refractivity contribution < 1.29 is 13.9 Å². The molecule has 0 bridgehead atoms. The van der Waals surface area contributed by atoms with Gasteiger partial charge in [-0.25, -0.2) is 0 Å². The summed E-state index contributed by atoms with van der Waals surface area (Å²) >= 11 is 0. The molecular weight excluding hydrogens is 340 g/mol. The topological polar surface area (TPSA) is 45.9 Å². The molecule has 140 valence electrons. The van der Waals surface area contributed by atoms with Gasteiger partial charge in [-0.05, 0) is 24.7 Å². The molecular formula is C22H24N2O3. The molecule has 1 aliphatic heterocycles. The maximum absolute atomic E-state index is 13.2. The zero-order valence-electron chi connectivity index (χ0n) is 15.7. The zero-order chi connectivity index (χ0) is 18.8. The number of hydrogen-bond donors (Lipinski definition) is 0.